The van der Waals surface area contributed by atoms with Crippen molar-refractivity contribution in [2.24, 2.45) is 5.92 Å². The zero-order valence-corrected chi connectivity index (χ0v) is 15.8. The fourth-order valence-electron chi connectivity index (χ4n) is 4.01. The number of rotatable bonds is 4. The molecule has 1 fully saturated rings. The Kier molecular flexibility index (Phi) is 5.50. The van der Waals surface area contributed by atoms with Gasteiger partial charge in [-0.15, -0.1) is 0 Å². The van der Waals surface area contributed by atoms with Crippen LogP contribution in [0.5, 0.6) is 0 Å². The minimum atomic E-state index is -0.641. The fraction of sp³-hybridized carbons (Fsp3) is 0.476. The van der Waals surface area contributed by atoms with E-state index in [1.165, 1.54) is 31.4 Å². The molecular formula is C21H24F2N4O. The first-order chi connectivity index (χ1) is 13.6. The van der Waals surface area contributed by atoms with Gasteiger partial charge in [0.1, 0.15) is 11.6 Å². The summed E-state index contributed by atoms with van der Waals surface area (Å²) in [5, 5.41) is 2.80. The number of hydrogen-bond donors (Lipinski definition) is 1. The van der Waals surface area contributed by atoms with Crippen LogP contribution in [0.4, 0.5) is 14.7 Å². The van der Waals surface area contributed by atoms with Gasteiger partial charge in [-0.25, -0.2) is 18.7 Å². The van der Waals surface area contributed by atoms with E-state index >= 15 is 0 Å². The zero-order valence-electron chi connectivity index (χ0n) is 15.8. The van der Waals surface area contributed by atoms with E-state index in [0.29, 0.717) is 18.4 Å². The first-order valence-corrected chi connectivity index (χ1v) is 9.91. The van der Waals surface area contributed by atoms with E-state index in [2.05, 4.69) is 15.2 Å². The van der Waals surface area contributed by atoms with Crippen molar-refractivity contribution in [2.75, 3.05) is 18.0 Å². The highest BCUT2D eigenvalue weighted by Gasteiger charge is 2.26. The lowest BCUT2D eigenvalue weighted by molar-refractivity contribution is -0.125. The van der Waals surface area contributed by atoms with Crippen molar-refractivity contribution in [3.63, 3.8) is 0 Å². The number of fused-ring (bicyclic) bond motifs is 1. The number of amides is 1. The first kappa shape index (κ1) is 18.8. The summed E-state index contributed by atoms with van der Waals surface area (Å²) in [4.78, 5) is 24.0. The normalized spacial score (nSPS) is 19.2. The third-order valence-corrected chi connectivity index (χ3v) is 5.54. The summed E-state index contributed by atoms with van der Waals surface area (Å²) in [6.07, 6.45) is 7.53. The van der Waals surface area contributed by atoms with Crippen LogP contribution >= 0.6 is 0 Å². The Hall–Kier alpha value is -2.57. The van der Waals surface area contributed by atoms with Crippen LogP contribution in [-0.4, -0.2) is 29.0 Å². The molecule has 1 atom stereocenters. The molecule has 1 aromatic carbocycles. The molecule has 2 heterocycles. The molecule has 1 aliphatic heterocycles. The van der Waals surface area contributed by atoms with Crippen molar-refractivity contribution in [1.82, 2.24) is 15.3 Å². The second-order valence-electron chi connectivity index (χ2n) is 7.62. The van der Waals surface area contributed by atoms with E-state index in [1.807, 2.05) is 6.20 Å². The van der Waals surface area contributed by atoms with Crippen LogP contribution < -0.4 is 10.2 Å². The molecule has 0 spiro atoms. The molecule has 1 amide bonds. The number of aryl methyl sites for hydroxylation is 1. The van der Waals surface area contributed by atoms with Gasteiger partial charge in [0.25, 0.3) is 0 Å². The van der Waals surface area contributed by atoms with Crippen molar-refractivity contribution in [1.29, 1.82) is 0 Å². The molecule has 1 aliphatic carbocycles. The van der Waals surface area contributed by atoms with Crippen molar-refractivity contribution >= 4 is 11.9 Å². The standard InChI is InChI=1S/C21H24F2N4O/c22-17-8-14(9-18(23)11-17)12-24-20(28)15-4-5-19-16(10-15)13-25-21(26-19)27-6-2-1-3-7-27/h8-9,11,13,15H,1-7,10,12H2,(H,24,28)/t15-/m0/s1. The number of halogens is 2. The predicted octanol–water partition coefficient (Wildman–Crippen LogP) is 3.17. The Morgan fingerprint density at radius 2 is 1.89 bits per heavy atom. The maximum absolute atomic E-state index is 13.3. The van der Waals surface area contributed by atoms with E-state index in [1.54, 1.807) is 0 Å². The Labute approximate surface area is 163 Å². The van der Waals surface area contributed by atoms with Gasteiger partial charge < -0.3 is 10.2 Å². The Morgan fingerprint density at radius 3 is 2.64 bits per heavy atom. The summed E-state index contributed by atoms with van der Waals surface area (Å²) in [6.45, 7) is 2.12. The number of aromatic nitrogens is 2. The highest BCUT2D eigenvalue weighted by atomic mass is 19.1. The molecule has 0 unspecified atom stereocenters. The predicted molar refractivity (Wildman–Crippen MR) is 102 cm³/mol. The van der Waals surface area contributed by atoms with Gasteiger partial charge in [-0.2, -0.15) is 0 Å². The smallest absolute Gasteiger partial charge is 0.225 e. The van der Waals surface area contributed by atoms with Crippen LogP contribution in [0, 0.1) is 17.6 Å². The summed E-state index contributed by atoms with van der Waals surface area (Å²) < 4.78 is 26.5. The van der Waals surface area contributed by atoms with E-state index < -0.39 is 11.6 Å². The lowest BCUT2D eigenvalue weighted by Crippen LogP contribution is -2.35. The molecule has 5 nitrogen and oxygen atoms in total. The average Bonchev–Trinajstić information content (AvgIpc) is 2.71. The van der Waals surface area contributed by atoms with E-state index in [4.69, 9.17) is 4.98 Å². The van der Waals surface area contributed by atoms with Crippen molar-refractivity contribution in [3.05, 3.63) is 52.9 Å². The summed E-state index contributed by atoms with van der Waals surface area (Å²) in [5.41, 5.74) is 2.47. The third kappa shape index (κ3) is 4.29. The van der Waals surface area contributed by atoms with Crippen LogP contribution in [0.2, 0.25) is 0 Å². The number of nitrogens with zero attached hydrogens (tertiary/aromatic N) is 3. The first-order valence-electron chi connectivity index (χ1n) is 9.91. The molecule has 28 heavy (non-hydrogen) atoms. The lowest BCUT2D eigenvalue weighted by atomic mass is 9.86. The van der Waals surface area contributed by atoms with Crippen molar-refractivity contribution in [3.8, 4) is 0 Å². The van der Waals surface area contributed by atoms with Crippen LogP contribution in [0.15, 0.2) is 24.4 Å². The van der Waals surface area contributed by atoms with Crippen LogP contribution in [0.1, 0.15) is 42.5 Å². The third-order valence-electron chi connectivity index (χ3n) is 5.54. The second kappa shape index (κ2) is 8.20. The van der Waals surface area contributed by atoms with Gasteiger partial charge in [0.2, 0.25) is 11.9 Å². The molecule has 0 saturated carbocycles. The van der Waals surface area contributed by atoms with Gasteiger partial charge >= 0.3 is 0 Å². The SMILES string of the molecule is O=C(NCc1cc(F)cc(F)c1)[C@H]1CCc2nc(N3CCCCC3)ncc2C1. The lowest BCUT2D eigenvalue weighted by Gasteiger charge is -2.28. The number of piperidine rings is 1. The van der Waals surface area contributed by atoms with E-state index in [9.17, 15) is 13.6 Å². The fourth-order valence-corrected chi connectivity index (χ4v) is 4.01. The Morgan fingerprint density at radius 1 is 1.14 bits per heavy atom. The van der Waals surface area contributed by atoms with Gasteiger partial charge in [-0.1, -0.05) is 0 Å². The summed E-state index contributed by atoms with van der Waals surface area (Å²) in [7, 11) is 0. The molecule has 1 N–H and O–H groups in total. The maximum atomic E-state index is 13.3. The number of anilines is 1. The molecule has 1 aromatic heterocycles. The molecule has 0 bridgehead atoms. The zero-order chi connectivity index (χ0) is 19.5. The van der Waals surface area contributed by atoms with Crippen molar-refractivity contribution < 1.29 is 13.6 Å². The molecule has 148 valence electrons. The monoisotopic (exact) mass is 386 g/mol. The Bertz CT molecular complexity index is 847. The van der Waals surface area contributed by atoms with E-state index in [-0.39, 0.29) is 18.4 Å². The number of hydrogen-bond acceptors (Lipinski definition) is 4. The summed E-state index contributed by atoms with van der Waals surface area (Å²) in [5.74, 6) is -0.754. The molecule has 1 saturated heterocycles. The molecule has 2 aliphatic rings. The summed E-state index contributed by atoms with van der Waals surface area (Å²) >= 11 is 0. The Balaban J connectivity index is 1.37. The molecule has 0 radical (unpaired) electrons. The number of carbonyl (C=O) groups excluding carboxylic acids is 1. The largest absolute Gasteiger partial charge is 0.352 e. The van der Waals surface area contributed by atoms with Gasteiger partial charge in [0, 0.05) is 43.5 Å². The van der Waals surface area contributed by atoms with Gasteiger partial charge in [0.05, 0.1) is 0 Å². The van der Waals surface area contributed by atoms with Gasteiger partial charge in [-0.05, 0) is 61.8 Å². The number of nitrogens with one attached hydrogen (secondary N) is 1. The van der Waals surface area contributed by atoms with Crippen LogP contribution in [0.25, 0.3) is 0 Å². The molecule has 4 rings (SSSR count). The second-order valence-corrected chi connectivity index (χ2v) is 7.62. The summed E-state index contributed by atoms with van der Waals surface area (Å²) in [6, 6.07) is 3.28. The quantitative estimate of drug-likeness (QED) is 0.877. The van der Waals surface area contributed by atoms with Crippen LogP contribution in [0.3, 0.4) is 0 Å². The van der Waals surface area contributed by atoms with Crippen molar-refractivity contribution in [2.45, 2.75) is 45.1 Å². The molecule has 7 heteroatoms. The average molecular weight is 386 g/mol. The minimum Gasteiger partial charge on any atom is -0.352 e. The maximum Gasteiger partial charge on any atom is 0.225 e. The van der Waals surface area contributed by atoms with Crippen LogP contribution in [-0.2, 0) is 24.2 Å². The van der Waals surface area contributed by atoms with E-state index in [0.717, 1.165) is 42.8 Å². The highest BCUT2D eigenvalue weighted by molar-refractivity contribution is 5.79. The number of carbonyl (C=O) groups is 1. The minimum absolute atomic E-state index is 0.101. The van der Waals surface area contributed by atoms with Gasteiger partial charge in [0.15, 0.2) is 0 Å². The molecule has 2 aromatic rings. The van der Waals surface area contributed by atoms with Gasteiger partial charge in [-0.3, -0.25) is 4.79 Å². The number of benzene rings is 1. The molecular weight excluding hydrogens is 362 g/mol. The topological polar surface area (TPSA) is 58.1 Å². The highest BCUT2D eigenvalue weighted by Crippen LogP contribution is 2.26.